The number of hydrogen-bond acceptors (Lipinski definition) is 4. The van der Waals surface area contributed by atoms with E-state index < -0.39 is 0 Å². The maximum Gasteiger partial charge on any atom is 0.192 e. The van der Waals surface area contributed by atoms with Gasteiger partial charge < -0.3 is 4.74 Å². The van der Waals surface area contributed by atoms with Crippen LogP contribution in [0.1, 0.15) is 17.0 Å². The summed E-state index contributed by atoms with van der Waals surface area (Å²) in [4.78, 5) is 9.94. The van der Waals surface area contributed by atoms with Gasteiger partial charge in [0.05, 0.1) is 0 Å². The predicted octanol–water partition coefficient (Wildman–Crippen LogP) is 6.13. The van der Waals surface area contributed by atoms with Crippen molar-refractivity contribution < 1.29 is 4.74 Å². The summed E-state index contributed by atoms with van der Waals surface area (Å²) >= 11 is 13.5. The Kier molecular flexibility index (Phi) is 5.84. The molecule has 0 spiro atoms. The summed E-state index contributed by atoms with van der Waals surface area (Å²) in [6.45, 7) is 4.35. The van der Waals surface area contributed by atoms with Crippen LogP contribution in [0.3, 0.4) is 0 Å². The average molecular weight is 391 g/mol. The topological polar surface area (TPSA) is 35.0 Å². The van der Waals surface area contributed by atoms with Gasteiger partial charge in [0.15, 0.2) is 5.16 Å². The number of halogens is 2. The second-order valence-corrected chi connectivity index (χ2v) is 7.49. The van der Waals surface area contributed by atoms with Gasteiger partial charge >= 0.3 is 0 Å². The van der Waals surface area contributed by atoms with Crippen LogP contribution in [0.25, 0.3) is 0 Å². The van der Waals surface area contributed by atoms with Gasteiger partial charge in [0.1, 0.15) is 12.4 Å². The lowest BCUT2D eigenvalue weighted by Crippen LogP contribution is -1.95. The Morgan fingerprint density at radius 2 is 1.48 bits per heavy atom. The minimum atomic E-state index is 0.410. The van der Waals surface area contributed by atoms with E-state index in [9.17, 15) is 0 Å². The Morgan fingerprint density at radius 1 is 0.880 bits per heavy atom. The molecule has 0 fully saturated rings. The first-order valence-corrected chi connectivity index (χ1v) is 9.23. The van der Waals surface area contributed by atoms with E-state index >= 15 is 0 Å². The molecule has 0 saturated carbocycles. The van der Waals surface area contributed by atoms with Crippen molar-refractivity contribution >= 4 is 35.0 Å². The summed E-state index contributed by atoms with van der Waals surface area (Å²) in [5, 5.41) is 1.96. The van der Waals surface area contributed by atoms with Gasteiger partial charge in [-0.1, -0.05) is 23.2 Å². The largest absolute Gasteiger partial charge is 0.489 e. The molecule has 0 aliphatic heterocycles. The molecular weight excluding hydrogens is 375 g/mol. The molecule has 0 radical (unpaired) electrons. The molecule has 0 aliphatic carbocycles. The van der Waals surface area contributed by atoms with Crippen molar-refractivity contribution in [3.8, 4) is 5.75 Å². The van der Waals surface area contributed by atoms with E-state index in [2.05, 4.69) is 9.97 Å². The quantitative estimate of drug-likeness (QED) is 0.490. The SMILES string of the molecule is Cc1cc(C)nc(Sc2ccc(OCc3cc(Cl)cc(Cl)c3)cc2)n1. The lowest BCUT2D eigenvalue weighted by atomic mass is 10.2. The highest BCUT2D eigenvalue weighted by molar-refractivity contribution is 7.99. The Balaban J connectivity index is 1.63. The van der Waals surface area contributed by atoms with Gasteiger partial charge in [-0.2, -0.15) is 0 Å². The van der Waals surface area contributed by atoms with Crippen molar-refractivity contribution in [2.24, 2.45) is 0 Å². The van der Waals surface area contributed by atoms with E-state index in [1.165, 1.54) is 11.8 Å². The number of rotatable bonds is 5. The maximum atomic E-state index is 6.00. The standard InChI is InChI=1S/C19H16Cl2N2OS/c1-12-7-13(2)23-19(22-12)25-18-5-3-17(4-6-18)24-11-14-8-15(20)10-16(21)9-14/h3-10H,11H2,1-2H3. The number of ether oxygens (including phenoxy) is 1. The van der Waals surface area contributed by atoms with Gasteiger partial charge in [-0.3, -0.25) is 0 Å². The fourth-order valence-electron chi connectivity index (χ4n) is 2.31. The van der Waals surface area contributed by atoms with Crippen LogP contribution in [0.2, 0.25) is 10.0 Å². The van der Waals surface area contributed by atoms with E-state index in [0.29, 0.717) is 16.7 Å². The smallest absolute Gasteiger partial charge is 0.192 e. The molecule has 2 aromatic carbocycles. The molecule has 3 rings (SSSR count). The molecule has 0 amide bonds. The third-order valence-corrected chi connectivity index (χ3v) is 4.63. The monoisotopic (exact) mass is 390 g/mol. The third kappa shape index (κ3) is 5.36. The summed E-state index contributed by atoms with van der Waals surface area (Å²) in [6.07, 6.45) is 0. The summed E-state index contributed by atoms with van der Waals surface area (Å²) < 4.78 is 5.79. The molecule has 0 atom stereocenters. The number of hydrogen-bond donors (Lipinski definition) is 0. The first-order valence-electron chi connectivity index (χ1n) is 7.66. The van der Waals surface area contributed by atoms with E-state index in [1.54, 1.807) is 6.07 Å². The predicted molar refractivity (Wildman–Crippen MR) is 103 cm³/mol. The highest BCUT2D eigenvalue weighted by Crippen LogP contribution is 2.27. The molecule has 1 heterocycles. The van der Waals surface area contributed by atoms with Crippen LogP contribution >= 0.6 is 35.0 Å². The molecule has 0 N–H and O–H groups in total. The molecule has 1 aromatic heterocycles. The van der Waals surface area contributed by atoms with Crippen molar-refractivity contribution in [3.63, 3.8) is 0 Å². The lowest BCUT2D eigenvalue weighted by molar-refractivity contribution is 0.306. The van der Waals surface area contributed by atoms with E-state index in [1.807, 2.05) is 56.3 Å². The van der Waals surface area contributed by atoms with Crippen molar-refractivity contribution in [2.75, 3.05) is 0 Å². The van der Waals surface area contributed by atoms with Crippen molar-refractivity contribution in [3.05, 3.63) is 75.5 Å². The lowest BCUT2D eigenvalue weighted by Gasteiger charge is -2.08. The van der Waals surface area contributed by atoms with Gasteiger partial charge in [-0.15, -0.1) is 0 Å². The number of nitrogens with zero attached hydrogens (tertiary/aromatic N) is 2. The van der Waals surface area contributed by atoms with Gasteiger partial charge in [-0.05, 0) is 79.7 Å². The molecule has 0 unspecified atom stereocenters. The zero-order valence-corrected chi connectivity index (χ0v) is 16.1. The molecule has 0 bridgehead atoms. The number of aryl methyl sites for hydroxylation is 2. The minimum Gasteiger partial charge on any atom is -0.489 e. The first kappa shape index (κ1) is 18.1. The summed E-state index contributed by atoms with van der Waals surface area (Å²) in [5.74, 6) is 0.779. The Hall–Kier alpha value is -1.75. The molecule has 3 aromatic rings. The van der Waals surface area contributed by atoms with Crippen molar-refractivity contribution in [1.29, 1.82) is 0 Å². The van der Waals surface area contributed by atoms with Crippen LogP contribution in [-0.4, -0.2) is 9.97 Å². The molecule has 25 heavy (non-hydrogen) atoms. The average Bonchev–Trinajstić information content (AvgIpc) is 2.52. The van der Waals surface area contributed by atoms with Crippen LogP contribution in [0, 0.1) is 13.8 Å². The van der Waals surface area contributed by atoms with Gasteiger partial charge in [-0.25, -0.2) is 9.97 Å². The molecule has 128 valence electrons. The fraction of sp³-hybridized carbons (Fsp3) is 0.158. The van der Waals surface area contributed by atoms with Crippen LogP contribution in [0.4, 0.5) is 0 Å². The zero-order chi connectivity index (χ0) is 17.8. The van der Waals surface area contributed by atoms with Gasteiger partial charge in [0.2, 0.25) is 0 Å². The van der Waals surface area contributed by atoms with Crippen LogP contribution in [0.5, 0.6) is 5.75 Å². The Labute approximate surface area is 161 Å². The fourth-order valence-corrected chi connectivity index (χ4v) is 3.74. The normalized spacial score (nSPS) is 10.7. The third-order valence-electron chi connectivity index (χ3n) is 3.32. The highest BCUT2D eigenvalue weighted by Gasteiger charge is 2.04. The second-order valence-electron chi connectivity index (χ2n) is 5.57. The Morgan fingerprint density at radius 3 is 2.08 bits per heavy atom. The van der Waals surface area contributed by atoms with Crippen LogP contribution < -0.4 is 4.74 Å². The zero-order valence-electron chi connectivity index (χ0n) is 13.8. The molecule has 0 aliphatic rings. The van der Waals surface area contributed by atoms with Gasteiger partial charge in [0.25, 0.3) is 0 Å². The molecule has 3 nitrogen and oxygen atoms in total. The summed E-state index contributed by atoms with van der Waals surface area (Å²) in [6, 6.07) is 15.2. The molecule has 6 heteroatoms. The van der Waals surface area contributed by atoms with E-state index in [0.717, 1.165) is 32.8 Å². The summed E-state index contributed by atoms with van der Waals surface area (Å²) in [7, 11) is 0. The first-order chi connectivity index (χ1) is 12.0. The van der Waals surface area contributed by atoms with E-state index in [4.69, 9.17) is 27.9 Å². The van der Waals surface area contributed by atoms with Crippen LogP contribution in [0.15, 0.2) is 58.6 Å². The second kappa shape index (κ2) is 8.09. The highest BCUT2D eigenvalue weighted by atomic mass is 35.5. The number of benzene rings is 2. The van der Waals surface area contributed by atoms with Crippen molar-refractivity contribution in [1.82, 2.24) is 9.97 Å². The molecule has 0 saturated heterocycles. The van der Waals surface area contributed by atoms with Crippen LogP contribution in [-0.2, 0) is 6.61 Å². The van der Waals surface area contributed by atoms with Gasteiger partial charge in [0, 0.05) is 26.3 Å². The van der Waals surface area contributed by atoms with Crippen molar-refractivity contribution in [2.45, 2.75) is 30.5 Å². The minimum absolute atomic E-state index is 0.410. The number of aromatic nitrogens is 2. The maximum absolute atomic E-state index is 6.00. The Bertz CT molecular complexity index is 845. The summed E-state index contributed by atoms with van der Waals surface area (Å²) in [5.41, 5.74) is 2.87. The van der Waals surface area contributed by atoms with E-state index in [-0.39, 0.29) is 0 Å². The molecular formula is C19H16Cl2N2OS.